The van der Waals surface area contributed by atoms with Gasteiger partial charge in [-0.3, -0.25) is 4.79 Å². The van der Waals surface area contributed by atoms with E-state index >= 15 is 0 Å². The maximum Gasteiger partial charge on any atom is 0.158 e. The number of unbranched alkanes of at least 4 members (excludes halogenated alkanes) is 2. The van der Waals surface area contributed by atoms with Gasteiger partial charge in [0.2, 0.25) is 0 Å². The van der Waals surface area contributed by atoms with Crippen molar-refractivity contribution in [3.63, 3.8) is 0 Å². The number of carbonyl (C=O) groups excluding carboxylic acids is 1. The summed E-state index contributed by atoms with van der Waals surface area (Å²) >= 11 is 0. The Morgan fingerprint density at radius 1 is 1.47 bits per heavy atom. The Bertz CT molecular complexity index is 241. The molecule has 1 aliphatic carbocycles. The highest BCUT2D eigenvalue weighted by Gasteiger charge is 2.32. The average molecular weight is 210 g/mol. The van der Waals surface area contributed by atoms with Gasteiger partial charge in [-0.15, -0.1) is 0 Å². The van der Waals surface area contributed by atoms with E-state index in [1.807, 2.05) is 6.08 Å². The van der Waals surface area contributed by atoms with Crippen LogP contribution in [-0.2, 0) is 9.53 Å². The molecule has 0 saturated carbocycles. The fraction of sp³-hybridized carbons (Fsp3) is 0.769. The van der Waals surface area contributed by atoms with Gasteiger partial charge in [0.15, 0.2) is 5.78 Å². The van der Waals surface area contributed by atoms with E-state index < -0.39 is 0 Å². The van der Waals surface area contributed by atoms with Gasteiger partial charge in [-0.25, -0.2) is 0 Å². The third-order valence-electron chi connectivity index (χ3n) is 2.98. The van der Waals surface area contributed by atoms with Crippen LogP contribution in [0.15, 0.2) is 12.2 Å². The molecule has 0 radical (unpaired) electrons. The maximum atomic E-state index is 11.3. The molecule has 0 aliphatic heterocycles. The van der Waals surface area contributed by atoms with E-state index in [2.05, 4.69) is 20.8 Å². The van der Waals surface area contributed by atoms with Crippen molar-refractivity contribution in [3.8, 4) is 0 Å². The van der Waals surface area contributed by atoms with Crippen LogP contribution < -0.4 is 0 Å². The summed E-state index contributed by atoms with van der Waals surface area (Å²) in [6.45, 7) is 7.21. The van der Waals surface area contributed by atoms with Gasteiger partial charge in [0.25, 0.3) is 0 Å². The van der Waals surface area contributed by atoms with E-state index in [9.17, 15) is 4.79 Å². The summed E-state index contributed by atoms with van der Waals surface area (Å²) in [6, 6.07) is 0. The van der Waals surface area contributed by atoms with Crippen molar-refractivity contribution in [3.05, 3.63) is 12.2 Å². The number of ether oxygens (including phenoxy) is 1. The highest BCUT2D eigenvalue weighted by atomic mass is 16.5. The molecule has 0 aromatic rings. The molecule has 1 unspecified atom stereocenters. The molecule has 2 nitrogen and oxygen atoms in total. The molecule has 1 atom stereocenters. The van der Waals surface area contributed by atoms with Gasteiger partial charge >= 0.3 is 0 Å². The lowest BCUT2D eigenvalue weighted by molar-refractivity contribution is -0.121. The van der Waals surface area contributed by atoms with Crippen LogP contribution in [0.4, 0.5) is 0 Å². The largest absolute Gasteiger partial charge is 0.377 e. The second-order valence-corrected chi connectivity index (χ2v) is 4.89. The molecule has 86 valence electrons. The van der Waals surface area contributed by atoms with Crippen molar-refractivity contribution in [1.29, 1.82) is 0 Å². The van der Waals surface area contributed by atoms with Gasteiger partial charge in [0, 0.05) is 18.4 Å². The Kier molecular flexibility index (Phi) is 4.52. The second-order valence-electron chi connectivity index (χ2n) is 4.89. The van der Waals surface area contributed by atoms with Crippen LogP contribution in [0.1, 0.15) is 46.5 Å². The number of allylic oxidation sites excluding steroid dienone is 1. The summed E-state index contributed by atoms with van der Waals surface area (Å²) in [7, 11) is 0. The first kappa shape index (κ1) is 12.4. The highest BCUT2D eigenvalue weighted by Crippen LogP contribution is 2.31. The van der Waals surface area contributed by atoms with Gasteiger partial charge in [0.05, 0.1) is 6.10 Å². The van der Waals surface area contributed by atoms with E-state index in [1.165, 1.54) is 12.8 Å². The fourth-order valence-corrected chi connectivity index (χ4v) is 1.78. The minimum Gasteiger partial charge on any atom is -0.377 e. The highest BCUT2D eigenvalue weighted by molar-refractivity contribution is 5.91. The van der Waals surface area contributed by atoms with Crippen LogP contribution in [0.2, 0.25) is 0 Å². The minimum atomic E-state index is 0.000124. The Morgan fingerprint density at radius 3 is 2.87 bits per heavy atom. The third kappa shape index (κ3) is 3.78. The van der Waals surface area contributed by atoms with Crippen LogP contribution in [-0.4, -0.2) is 18.5 Å². The molecule has 1 aliphatic rings. The first-order valence-electron chi connectivity index (χ1n) is 5.90. The zero-order valence-electron chi connectivity index (χ0n) is 10.1. The van der Waals surface area contributed by atoms with Gasteiger partial charge < -0.3 is 4.74 Å². The molecule has 0 aromatic carbocycles. The summed E-state index contributed by atoms with van der Waals surface area (Å²) in [6.07, 6.45) is 7.77. The topological polar surface area (TPSA) is 26.3 Å². The molecule has 2 heteroatoms. The lowest BCUT2D eigenvalue weighted by atomic mass is 9.79. The molecule has 0 fully saturated rings. The predicted molar refractivity (Wildman–Crippen MR) is 61.8 cm³/mol. The van der Waals surface area contributed by atoms with Gasteiger partial charge in [-0.2, -0.15) is 0 Å². The Morgan fingerprint density at radius 2 is 2.20 bits per heavy atom. The normalized spacial score (nSPS) is 24.5. The van der Waals surface area contributed by atoms with Gasteiger partial charge in [-0.05, 0) is 12.5 Å². The quantitative estimate of drug-likeness (QED) is 0.652. The number of ketones is 1. The lowest BCUT2D eigenvalue weighted by Crippen LogP contribution is -2.35. The van der Waals surface area contributed by atoms with Crippen LogP contribution in [0.5, 0.6) is 0 Å². The zero-order chi connectivity index (χ0) is 11.3. The number of hydrogen-bond donors (Lipinski definition) is 0. The fourth-order valence-electron chi connectivity index (χ4n) is 1.78. The van der Waals surface area contributed by atoms with Crippen molar-refractivity contribution >= 4 is 5.78 Å². The smallest absolute Gasteiger partial charge is 0.158 e. The van der Waals surface area contributed by atoms with Gasteiger partial charge in [0.1, 0.15) is 0 Å². The van der Waals surface area contributed by atoms with E-state index in [0.717, 1.165) is 13.0 Å². The van der Waals surface area contributed by atoms with Crippen LogP contribution in [0, 0.1) is 5.41 Å². The molecule has 0 spiro atoms. The number of rotatable bonds is 5. The third-order valence-corrected chi connectivity index (χ3v) is 2.98. The first-order chi connectivity index (χ1) is 7.06. The Hall–Kier alpha value is -0.630. The molecule has 0 N–H and O–H groups in total. The zero-order valence-corrected chi connectivity index (χ0v) is 10.1. The summed E-state index contributed by atoms with van der Waals surface area (Å²) in [5.41, 5.74) is 0.000124. The van der Waals surface area contributed by atoms with Crippen LogP contribution >= 0.6 is 0 Å². The number of hydrogen-bond acceptors (Lipinski definition) is 2. The van der Waals surface area contributed by atoms with E-state index in [1.54, 1.807) is 6.08 Å². The van der Waals surface area contributed by atoms with Crippen molar-refractivity contribution in [2.75, 3.05) is 6.61 Å². The second kappa shape index (κ2) is 5.45. The van der Waals surface area contributed by atoms with Crippen molar-refractivity contribution in [1.82, 2.24) is 0 Å². The first-order valence-corrected chi connectivity index (χ1v) is 5.90. The molecule has 15 heavy (non-hydrogen) atoms. The Balaban J connectivity index is 2.39. The summed E-state index contributed by atoms with van der Waals surface area (Å²) in [4.78, 5) is 11.3. The lowest BCUT2D eigenvalue weighted by Gasteiger charge is -2.33. The molecular weight excluding hydrogens is 188 g/mol. The molecular formula is C13H22O2. The summed E-state index contributed by atoms with van der Waals surface area (Å²) in [5, 5.41) is 0. The van der Waals surface area contributed by atoms with Gasteiger partial charge in [-0.1, -0.05) is 39.7 Å². The summed E-state index contributed by atoms with van der Waals surface area (Å²) < 4.78 is 5.80. The van der Waals surface area contributed by atoms with Crippen molar-refractivity contribution in [2.24, 2.45) is 5.41 Å². The average Bonchev–Trinajstić information content (AvgIpc) is 2.18. The molecule has 0 heterocycles. The monoisotopic (exact) mass is 210 g/mol. The molecule has 0 aromatic heterocycles. The summed E-state index contributed by atoms with van der Waals surface area (Å²) in [5.74, 6) is 0.190. The van der Waals surface area contributed by atoms with Crippen molar-refractivity contribution in [2.45, 2.75) is 52.6 Å². The van der Waals surface area contributed by atoms with Crippen molar-refractivity contribution < 1.29 is 9.53 Å². The molecule has 1 rings (SSSR count). The Labute approximate surface area is 92.7 Å². The standard InChI is InChI=1S/C13H22O2/c1-4-5-6-9-15-12-10-11(14)7-8-13(12,2)3/h7-8,12H,4-6,9-10H2,1-3H3. The molecule has 0 amide bonds. The van der Waals surface area contributed by atoms with Crippen LogP contribution in [0.3, 0.4) is 0 Å². The predicted octanol–water partition coefficient (Wildman–Crippen LogP) is 3.12. The minimum absolute atomic E-state index is 0.000124. The van der Waals surface area contributed by atoms with Crippen LogP contribution in [0.25, 0.3) is 0 Å². The van der Waals surface area contributed by atoms with E-state index in [4.69, 9.17) is 4.74 Å². The molecule has 0 saturated heterocycles. The maximum absolute atomic E-state index is 11.3. The van der Waals surface area contributed by atoms with E-state index in [0.29, 0.717) is 6.42 Å². The SMILES string of the molecule is CCCCCOC1CC(=O)C=CC1(C)C. The molecule has 0 bridgehead atoms. The van der Waals surface area contributed by atoms with E-state index in [-0.39, 0.29) is 17.3 Å². The number of carbonyl (C=O) groups is 1.